The van der Waals surface area contributed by atoms with Crippen LogP contribution in [0.25, 0.3) is 11.0 Å². The van der Waals surface area contributed by atoms with Gasteiger partial charge in [0.15, 0.2) is 0 Å². The molecule has 0 saturated heterocycles. The van der Waals surface area contributed by atoms with E-state index in [2.05, 4.69) is 5.32 Å². The van der Waals surface area contributed by atoms with Crippen LogP contribution in [0.2, 0.25) is 0 Å². The molecule has 1 aliphatic carbocycles. The van der Waals surface area contributed by atoms with E-state index in [0.717, 1.165) is 33.6 Å². The first kappa shape index (κ1) is 15.7. The van der Waals surface area contributed by atoms with Gasteiger partial charge in [0.05, 0.1) is 19.6 Å². The van der Waals surface area contributed by atoms with Crippen LogP contribution >= 0.6 is 0 Å². The van der Waals surface area contributed by atoms with Crippen LogP contribution in [0.3, 0.4) is 0 Å². The maximum Gasteiger partial charge on any atom is 0.311 e. The Morgan fingerprint density at radius 3 is 2.80 bits per heavy atom. The van der Waals surface area contributed by atoms with E-state index < -0.39 is 11.9 Å². The molecule has 3 aromatic rings. The van der Waals surface area contributed by atoms with Crippen molar-refractivity contribution >= 4 is 16.9 Å². The van der Waals surface area contributed by atoms with Gasteiger partial charge in [-0.25, -0.2) is 0 Å². The third-order valence-corrected chi connectivity index (χ3v) is 4.81. The van der Waals surface area contributed by atoms with E-state index in [1.54, 1.807) is 7.11 Å². The number of benzene rings is 2. The number of carboxylic acids is 1. The van der Waals surface area contributed by atoms with E-state index in [-0.39, 0.29) is 6.04 Å². The van der Waals surface area contributed by atoms with E-state index in [4.69, 9.17) is 9.15 Å². The molecule has 0 spiro atoms. The Balaban J connectivity index is 1.53. The smallest absolute Gasteiger partial charge is 0.311 e. The molecule has 5 heteroatoms. The predicted octanol–water partition coefficient (Wildman–Crippen LogP) is 3.84. The third kappa shape index (κ3) is 2.87. The second kappa shape index (κ2) is 6.26. The SMILES string of the molecule is COc1ccc2oc(CN[C@@H]3C[C@H](C(=O)O)c4ccccc43)cc2c1. The standard InChI is InChI=1S/C20H19NO4/c1-24-13-6-7-19-12(8-13)9-14(25-19)11-21-18-10-17(20(22)23)15-4-2-3-5-16(15)18/h2-9,17-18,21H,10-11H2,1H3,(H,22,23)/t17-,18+/m0/s1. The minimum Gasteiger partial charge on any atom is -0.497 e. The third-order valence-electron chi connectivity index (χ3n) is 4.81. The molecule has 0 aliphatic heterocycles. The summed E-state index contributed by atoms with van der Waals surface area (Å²) in [4.78, 5) is 11.5. The van der Waals surface area contributed by atoms with Gasteiger partial charge in [-0.15, -0.1) is 0 Å². The van der Waals surface area contributed by atoms with Crippen molar-refractivity contribution in [1.29, 1.82) is 0 Å². The lowest BCUT2D eigenvalue weighted by Gasteiger charge is -2.12. The van der Waals surface area contributed by atoms with Crippen LogP contribution < -0.4 is 10.1 Å². The fraction of sp³-hybridized carbons (Fsp3) is 0.250. The highest BCUT2D eigenvalue weighted by atomic mass is 16.5. The number of nitrogens with one attached hydrogen (secondary N) is 1. The number of carbonyl (C=O) groups is 1. The summed E-state index contributed by atoms with van der Waals surface area (Å²) in [6, 6.07) is 15.4. The Labute approximate surface area is 145 Å². The minimum absolute atomic E-state index is 0.0139. The highest BCUT2D eigenvalue weighted by Crippen LogP contribution is 2.40. The first-order chi connectivity index (χ1) is 12.2. The summed E-state index contributed by atoms with van der Waals surface area (Å²) >= 11 is 0. The van der Waals surface area contributed by atoms with Crippen molar-refractivity contribution in [3.63, 3.8) is 0 Å². The number of furan rings is 1. The molecule has 0 bridgehead atoms. The van der Waals surface area contributed by atoms with Gasteiger partial charge in [0.2, 0.25) is 0 Å². The van der Waals surface area contributed by atoms with Crippen molar-refractivity contribution in [2.45, 2.75) is 24.9 Å². The quantitative estimate of drug-likeness (QED) is 0.740. The normalized spacial score (nSPS) is 19.1. The lowest BCUT2D eigenvalue weighted by Crippen LogP contribution is -2.19. The van der Waals surface area contributed by atoms with Gasteiger partial charge in [-0.05, 0) is 41.8 Å². The van der Waals surface area contributed by atoms with Crippen LogP contribution in [0.15, 0.2) is 52.9 Å². The number of hydrogen-bond acceptors (Lipinski definition) is 4. The number of carboxylic acid groups (broad SMARTS) is 1. The summed E-state index contributed by atoms with van der Waals surface area (Å²) in [5, 5.41) is 13.9. The van der Waals surface area contributed by atoms with Crippen LogP contribution in [0.5, 0.6) is 5.75 Å². The summed E-state index contributed by atoms with van der Waals surface area (Å²) in [7, 11) is 1.64. The first-order valence-corrected chi connectivity index (χ1v) is 8.27. The molecule has 0 amide bonds. The van der Waals surface area contributed by atoms with Gasteiger partial charge >= 0.3 is 5.97 Å². The molecule has 1 aromatic heterocycles. The monoisotopic (exact) mass is 337 g/mol. The maximum absolute atomic E-state index is 11.5. The van der Waals surface area contributed by atoms with E-state index >= 15 is 0 Å². The molecule has 0 unspecified atom stereocenters. The van der Waals surface area contributed by atoms with Crippen molar-refractivity contribution < 1.29 is 19.1 Å². The molecular formula is C20H19NO4. The van der Waals surface area contributed by atoms with Gasteiger partial charge in [-0.1, -0.05) is 24.3 Å². The van der Waals surface area contributed by atoms with Crippen LogP contribution in [-0.4, -0.2) is 18.2 Å². The lowest BCUT2D eigenvalue weighted by molar-refractivity contribution is -0.138. The van der Waals surface area contributed by atoms with Gasteiger partial charge in [-0.2, -0.15) is 0 Å². The lowest BCUT2D eigenvalue weighted by atomic mass is 10.0. The topological polar surface area (TPSA) is 71.7 Å². The van der Waals surface area contributed by atoms with Gasteiger partial charge < -0.3 is 19.6 Å². The highest BCUT2D eigenvalue weighted by molar-refractivity contribution is 5.79. The highest BCUT2D eigenvalue weighted by Gasteiger charge is 2.34. The average Bonchev–Trinajstić information content (AvgIpc) is 3.20. The molecule has 5 nitrogen and oxygen atoms in total. The molecular weight excluding hydrogens is 318 g/mol. The number of rotatable bonds is 5. The Hall–Kier alpha value is -2.79. The van der Waals surface area contributed by atoms with Gasteiger partial charge in [-0.3, -0.25) is 4.79 Å². The molecule has 0 radical (unpaired) electrons. The second-order valence-electron chi connectivity index (χ2n) is 6.31. The van der Waals surface area contributed by atoms with E-state index in [1.165, 1.54) is 0 Å². The summed E-state index contributed by atoms with van der Waals surface area (Å²) in [6.45, 7) is 0.544. The summed E-state index contributed by atoms with van der Waals surface area (Å²) < 4.78 is 11.1. The largest absolute Gasteiger partial charge is 0.497 e. The zero-order valence-corrected chi connectivity index (χ0v) is 13.9. The molecule has 25 heavy (non-hydrogen) atoms. The summed E-state index contributed by atoms with van der Waals surface area (Å²) in [6.07, 6.45) is 0.558. The summed E-state index contributed by atoms with van der Waals surface area (Å²) in [5.74, 6) is 0.391. The minimum atomic E-state index is -0.771. The number of ether oxygens (including phenoxy) is 1. The Morgan fingerprint density at radius 1 is 1.24 bits per heavy atom. The van der Waals surface area contributed by atoms with Crippen LogP contribution in [-0.2, 0) is 11.3 Å². The van der Waals surface area contributed by atoms with E-state index in [9.17, 15) is 9.90 Å². The molecule has 0 fully saturated rings. The fourth-order valence-corrected chi connectivity index (χ4v) is 3.58. The van der Waals surface area contributed by atoms with Gasteiger partial charge in [0.25, 0.3) is 0 Å². The zero-order chi connectivity index (χ0) is 17.4. The Kier molecular flexibility index (Phi) is 3.93. The van der Waals surface area contributed by atoms with Gasteiger partial charge in [0.1, 0.15) is 17.1 Å². The van der Waals surface area contributed by atoms with Crippen LogP contribution in [0.4, 0.5) is 0 Å². The maximum atomic E-state index is 11.5. The van der Waals surface area contributed by atoms with E-state index in [0.29, 0.717) is 13.0 Å². The molecule has 0 saturated carbocycles. The first-order valence-electron chi connectivity index (χ1n) is 8.27. The van der Waals surface area contributed by atoms with Crippen LogP contribution in [0, 0.1) is 0 Å². The van der Waals surface area contributed by atoms with Crippen LogP contribution in [0.1, 0.15) is 35.3 Å². The molecule has 1 aliphatic rings. The van der Waals surface area contributed by atoms with Gasteiger partial charge in [0, 0.05) is 11.4 Å². The average molecular weight is 337 g/mol. The number of fused-ring (bicyclic) bond motifs is 2. The molecule has 1 heterocycles. The van der Waals surface area contributed by atoms with Crippen molar-refractivity contribution in [3.8, 4) is 5.75 Å². The molecule has 4 rings (SSSR count). The Morgan fingerprint density at radius 2 is 2.04 bits per heavy atom. The number of methoxy groups -OCH3 is 1. The van der Waals surface area contributed by atoms with Crippen molar-refractivity contribution in [3.05, 3.63) is 65.4 Å². The molecule has 2 aromatic carbocycles. The number of aliphatic carboxylic acids is 1. The fourth-order valence-electron chi connectivity index (χ4n) is 3.58. The molecule has 2 N–H and O–H groups in total. The predicted molar refractivity (Wildman–Crippen MR) is 93.8 cm³/mol. The Bertz CT molecular complexity index is 930. The van der Waals surface area contributed by atoms with Crippen molar-refractivity contribution in [2.24, 2.45) is 0 Å². The molecule has 2 atom stereocenters. The molecule has 128 valence electrons. The second-order valence-corrected chi connectivity index (χ2v) is 6.31. The zero-order valence-electron chi connectivity index (χ0n) is 13.9. The van der Waals surface area contributed by atoms with Crippen molar-refractivity contribution in [1.82, 2.24) is 5.32 Å². The summed E-state index contributed by atoms with van der Waals surface area (Å²) in [5.41, 5.74) is 2.78. The number of hydrogen-bond donors (Lipinski definition) is 2. The van der Waals surface area contributed by atoms with E-state index in [1.807, 2.05) is 48.5 Å². The van der Waals surface area contributed by atoms with Crippen molar-refractivity contribution in [2.75, 3.05) is 7.11 Å².